The molecule has 1 unspecified atom stereocenters. The van der Waals surface area contributed by atoms with Crippen LogP contribution in [0, 0.1) is 5.92 Å². The van der Waals surface area contributed by atoms with E-state index in [-0.39, 0.29) is 18.9 Å². The van der Waals surface area contributed by atoms with E-state index in [9.17, 15) is 22.8 Å². The molecule has 8 heteroatoms. The molecule has 0 saturated carbocycles. The van der Waals surface area contributed by atoms with Crippen LogP contribution in [0.25, 0.3) is 0 Å². The summed E-state index contributed by atoms with van der Waals surface area (Å²) in [5.74, 6) is -0.844. The van der Waals surface area contributed by atoms with Crippen LogP contribution in [0.3, 0.4) is 0 Å². The fraction of sp³-hybridized carbons (Fsp3) is 0.800. The molecule has 1 atom stereocenters. The first kappa shape index (κ1) is 16.5. The number of carboxylic acids is 1. The number of carbonyl (C=O) groups excluding carboxylic acids is 1. The molecule has 2 N–H and O–H groups in total. The summed E-state index contributed by atoms with van der Waals surface area (Å²) in [4.78, 5) is 21.1. The maximum atomic E-state index is 11.7. The summed E-state index contributed by atoms with van der Waals surface area (Å²) in [6.45, 7) is 0.330. The highest BCUT2D eigenvalue weighted by atomic mass is 19.4. The zero-order chi connectivity index (χ0) is 14.2. The molecule has 1 amide bonds. The van der Waals surface area contributed by atoms with E-state index in [0.717, 1.165) is 0 Å². The van der Waals surface area contributed by atoms with Crippen LogP contribution in [0.15, 0.2) is 0 Å². The number of carbonyl (C=O) groups is 2. The zero-order valence-electron chi connectivity index (χ0n) is 9.92. The van der Waals surface area contributed by atoms with Gasteiger partial charge in [-0.2, -0.15) is 13.2 Å². The third-order valence-corrected chi connectivity index (χ3v) is 2.12. The Morgan fingerprint density at radius 1 is 1.33 bits per heavy atom. The summed E-state index contributed by atoms with van der Waals surface area (Å²) in [5.41, 5.74) is 0. The maximum absolute atomic E-state index is 11.7. The number of alkyl carbamates (subject to hydrolysis) is 1. The first-order valence-electron chi connectivity index (χ1n) is 5.40. The molecule has 0 aromatic heterocycles. The zero-order valence-corrected chi connectivity index (χ0v) is 9.92. The summed E-state index contributed by atoms with van der Waals surface area (Å²) < 4.78 is 39.0. The van der Waals surface area contributed by atoms with Crippen molar-refractivity contribution in [1.29, 1.82) is 0 Å². The van der Waals surface area contributed by atoms with Gasteiger partial charge in [0.1, 0.15) is 0 Å². The molecule has 106 valence electrons. The van der Waals surface area contributed by atoms with E-state index in [1.165, 1.54) is 0 Å². The minimum Gasteiger partial charge on any atom is -0.481 e. The molecule has 5 nitrogen and oxygen atoms in total. The Labute approximate surface area is 102 Å². The van der Waals surface area contributed by atoms with Gasteiger partial charge < -0.3 is 15.2 Å². The topological polar surface area (TPSA) is 75.6 Å². The smallest absolute Gasteiger partial charge is 0.422 e. The lowest BCUT2D eigenvalue weighted by Crippen LogP contribution is -2.30. The predicted molar refractivity (Wildman–Crippen MR) is 56.1 cm³/mol. The van der Waals surface area contributed by atoms with Gasteiger partial charge in [0, 0.05) is 13.0 Å². The van der Waals surface area contributed by atoms with Crippen LogP contribution in [-0.2, 0) is 9.53 Å². The quantitative estimate of drug-likeness (QED) is 0.744. The summed E-state index contributed by atoms with van der Waals surface area (Å²) in [5, 5.41) is 10.6. The number of hydrogen-bond acceptors (Lipinski definition) is 3. The van der Waals surface area contributed by atoms with Crippen LogP contribution in [0.5, 0.6) is 0 Å². The highest BCUT2D eigenvalue weighted by molar-refractivity contribution is 5.67. The third kappa shape index (κ3) is 11.0. The van der Waals surface area contributed by atoms with Gasteiger partial charge in [0.15, 0.2) is 6.61 Å². The van der Waals surface area contributed by atoms with E-state index in [0.29, 0.717) is 12.8 Å². The minimum absolute atomic E-state index is 0.0275. The summed E-state index contributed by atoms with van der Waals surface area (Å²) >= 11 is 0. The Hall–Kier alpha value is -1.47. The number of alkyl halides is 3. The number of carboxylic acid groups (broad SMARTS) is 1. The van der Waals surface area contributed by atoms with Gasteiger partial charge in [-0.25, -0.2) is 4.79 Å². The Bertz CT molecular complexity index is 281. The summed E-state index contributed by atoms with van der Waals surface area (Å²) in [7, 11) is 0. The largest absolute Gasteiger partial charge is 0.481 e. The standard InChI is InChI=1S/C10H16F3NO4/c1-7(2-3-8(15)16)4-5-14-9(17)18-6-10(11,12)13/h7H,2-6H2,1H3,(H,14,17)(H,15,16). The van der Waals surface area contributed by atoms with Gasteiger partial charge in [0.25, 0.3) is 0 Å². The summed E-state index contributed by atoms with van der Waals surface area (Å²) in [6.07, 6.45) is -4.70. The Morgan fingerprint density at radius 2 is 1.94 bits per heavy atom. The van der Waals surface area contributed by atoms with Gasteiger partial charge in [-0.3, -0.25) is 4.79 Å². The summed E-state index contributed by atoms with van der Waals surface area (Å²) in [6, 6.07) is 0. The van der Waals surface area contributed by atoms with E-state index in [2.05, 4.69) is 10.1 Å². The molecule has 0 radical (unpaired) electrons. The third-order valence-electron chi connectivity index (χ3n) is 2.12. The fourth-order valence-electron chi connectivity index (χ4n) is 1.13. The number of ether oxygens (including phenoxy) is 1. The number of hydrogen-bond donors (Lipinski definition) is 2. The van der Waals surface area contributed by atoms with Crippen molar-refractivity contribution in [3.05, 3.63) is 0 Å². The second-order valence-electron chi connectivity index (χ2n) is 3.94. The number of amides is 1. The average molecular weight is 271 g/mol. The minimum atomic E-state index is -4.54. The highest BCUT2D eigenvalue weighted by Gasteiger charge is 2.29. The van der Waals surface area contributed by atoms with E-state index in [4.69, 9.17) is 5.11 Å². The molecule has 0 spiro atoms. The molecule has 0 saturated heterocycles. The predicted octanol–water partition coefficient (Wildman–Crippen LogP) is 2.17. The van der Waals surface area contributed by atoms with Gasteiger partial charge >= 0.3 is 18.2 Å². The van der Waals surface area contributed by atoms with Gasteiger partial charge in [0.2, 0.25) is 0 Å². The van der Waals surface area contributed by atoms with Crippen molar-refractivity contribution in [2.45, 2.75) is 32.4 Å². The molecule has 0 aliphatic carbocycles. The van der Waals surface area contributed by atoms with Gasteiger partial charge in [-0.15, -0.1) is 0 Å². The molecular weight excluding hydrogens is 255 g/mol. The number of rotatable bonds is 7. The lowest BCUT2D eigenvalue weighted by Gasteiger charge is -2.11. The van der Waals surface area contributed by atoms with Crippen molar-refractivity contribution in [3.63, 3.8) is 0 Å². The molecule has 0 bridgehead atoms. The van der Waals surface area contributed by atoms with E-state index in [1.807, 2.05) is 0 Å². The lowest BCUT2D eigenvalue weighted by atomic mass is 10.0. The Balaban J connectivity index is 3.59. The molecule has 0 aliphatic rings. The average Bonchev–Trinajstić information content (AvgIpc) is 2.22. The fourth-order valence-corrected chi connectivity index (χ4v) is 1.13. The van der Waals surface area contributed by atoms with Crippen molar-refractivity contribution >= 4 is 12.1 Å². The van der Waals surface area contributed by atoms with Gasteiger partial charge in [-0.05, 0) is 18.8 Å². The molecule has 0 aromatic rings. The van der Waals surface area contributed by atoms with Crippen molar-refractivity contribution in [3.8, 4) is 0 Å². The van der Waals surface area contributed by atoms with Crippen molar-refractivity contribution in [2.24, 2.45) is 5.92 Å². The number of aliphatic carboxylic acids is 1. The van der Waals surface area contributed by atoms with Crippen molar-refractivity contribution in [1.82, 2.24) is 5.32 Å². The lowest BCUT2D eigenvalue weighted by molar-refractivity contribution is -0.160. The van der Waals surface area contributed by atoms with Crippen molar-refractivity contribution in [2.75, 3.05) is 13.2 Å². The van der Waals surface area contributed by atoms with Crippen LogP contribution in [0.4, 0.5) is 18.0 Å². The van der Waals surface area contributed by atoms with Crippen molar-refractivity contribution < 1.29 is 32.6 Å². The molecule has 0 aliphatic heterocycles. The van der Waals surface area contributed by atoms with Crippen LogP contribution in [0.1, 0.15) is 26.2 Å². The first-order valence-corrected chi connectivity index (χ1v) is 5.40. The van der Waals surface area contributed by atoms with Gasteiger partial charge in [-0.1, -0.05) is 6.92 Å². The van der Waals surface area contributed by atoms with E-state index in [1.54, 1.807) is 6.92 Å². The van der Waals surface area contributed by atoms with Crippen LogP contribution in [0.2, 0.25) is 0 Å². The van der Waals surface area contributed by atoms with E-state index >= 15 is 0 Å². The monoisotopic (exact) mass is 271 g/mol. The molecular formula is C10H16F3NO4. The Morgan fingerprint density at radius 3 is 2.44 bits per heavy atom. The number of halogens is 3. The molecule has 18 heavy (non-hydrogen) atoms. The molecule has 0 fully saturated rings. The van der Waals surface area contributed by atoms with Crippen LogP contribution in [-0.4, -0.2) is 36.5 Å². The SMILES string of the molecule is CC(CCNC(=O)OCC(F)(F)F)CCC(=O)O. The van der Waals surface area contributed by atoms with E-state index < -0.39 is 24.8 Å². The molecule has 0 aromatic carbocycles. The van der Waals surface area contributed by atoms with Gasteiger partial charge in [0.05, 0.1) is 0 Å². The first-order chi connectivity index (χ1) is 8.20. The molecule has 0 heterocycles. The number of nitrogens with one attached hydrogen (secondary N) is 1. The normalized spacial score (nSPS) is 12.9. The van der Waals surface area contributed by atoms with Crippen LogP contribution >= 0.6 is 0 Å². The highest BCUT2D eigenvalue weighted by Crippen LogP contribution is 2.14. The second-order valence-corrected chi connectivity index (χ2v) is 3.94. The van der Waals surface area contributed by atoms with Crippen LogP contribution < -0.4 is 5.32 Å². The maximum Gasteiger partial charge on any atom is 0.422 e. The molecule has 0 rings (SSSR count). The second kappa shape index (κ2) is 7.78. The Kier molecular flexibility index (Phi) is 7.14.